The number of carbonyl (C=O) groups is 1. The van der Waals surface area contributed by atoms with Crippen LogP contribution in [-0.4, -0.2) is 47.8 Å². The van der Waals surface area contributed by atoms with Crippen molar-refractivity contribution in [1.29, 1.82) is 0 Å². The second-order valence-corrected chi connectivity index (χ2v) is 7.06. The second kappa shape index (κ2) is 7.96. The molecule has 3 heterocycles. The summed E-state index contributed by atoms with van der Waals surface area (Å²) in [5, 5.41) is 7.30. The number of ether oxygens (including phenoxy) is 1. The molecule has 0 saturated carbocycles. The molecule has 1 aliphatic heterocycles. The lowest BCUT2D eigenvalue weighted by molar-refractivity contribution is 0.0766. The van der Waals surface area contributed by atoms with Crippen LogP contribution in [0.1, 0.15) is 47.3 Å². The van der Waals surface area contributed by atoms with Gasteiger partial charge >= 0.3 is 0 Å². The smallest absolute Gasteiger partial charge is 0.259 e. The van der Waals surface area contributed by atoms with Crippen molar-refractivity contribution < 1.29 is 14.1 Å². The topological polar surface area (TPSA) is 89.6 Å². The van der Waals surface area contributed by atoms with E-state index < -0.39 is 0 Å². The van der Waals surface area contributed by atoms with E-state index in [1.165, 1.54) is 13.2 Å². The maximum absolute atomic E-state index is 13.2. The number of nitrogens with one attached hydrogen (secondary N) is 1. The number of fused-ring (bicyclic) bond motifs is 1. The van der Waals surface area contributed by atoms with Crippen molar-refractivity contribution in [1.82, 2.24) is 19.9 Å². The van der Waals surface area contributed by atoms with Gasteiger partial charge in [-0.3, -0.25) is 9.59 Å². The van der Waals surface area contributed by atoms with Crippen molar-refractivity contribution in [3.05, 3.63) is 45.2 Å². The minimum Gasteiger partial charge on any atom is -0.496 e. The third-order valence-corrected chi connectivity index (χ3v) is 4.77. The summed E-state index contributed by atoms with van der Waals surface area (Å²) in [6.07, 6.45) is 0.584. The van der Waals surface area contributed by atoms with Crippen LogP contribution in [0.2, 0.25) is 0 Å². The highest BCUT2D eigenvalue weighted by atomic mass is 16.5. The predicted molar refractivity (Wildman–Crippen MR) is 100 cm³/mol. The van der Waals surface area contributed by atoms with Gasteiger partial charge in [0.25, 0.3) is 11.5 Å². The minimum absolute atomic E-state index is 0.151. The third kappa shape index (κ3) is 3.90. The maximum Gasteiger partial charge on any atom is 0.259 e. The summed E-state index contributed by atoms with van der Waals surface area (Å²) in [5.41, 5.74) is 1.85. The molecular formula is C19H26N4O4. The van der Waals surface area contributed by atoms with Gasteiger partial charge < -0.3 is 24.0 Å². The molecule has 0 aliphatic carbocycles. The van der Waals surface area contributed by atoms with E-state index in [9.17, 15) is 9.59 Å². The molecule has 0 bridgehead atoms. The number of methoxy groups -OCH3 is 1. The molecule has 2 aromatic rings. The van der Waals surface area contributed by atoms with Crippen molar-refractivity contribution in [2.75, 3.05) is 27.2 Å². The number of rotatable bonds is 5. The molecule has 0 radical (unpaired) electrons. The maximum atomic E-state index is 13.2. The van der Waals surface area contributed by atoms with Crippen LogP contribution in [0.3, 0.4) is 0 Å². The summed E-state index contributed by atoms with van der Waals surface area (Å²) in [6.45, 7) is 6.29. The van der Waals surface area contributed by atoms with Crippen LogP contribution in [0.15, 0.2) is 21.5 Å². The Labute approximate surface area is 158 Å². The van der Waals surface area contributed by atoms with Crippen LogP contribution in [0, 0.1) is 0 Å². The lowest BCUT2D eigenvalue weighted by Crippen LogP contribution is -2.32. The Morgan fingerprint density at radius 2 is 2.19 bits per heavy atom. The molecule has 8 heteroatoms. The molecule has 146 valence electrons. The molecule has 0 atom stereocenters. The van der Waals surface area contributed by atoms with Crippen molar-refractivity contribution in [3.63, 3.8) is 0 Å². The molecule has 0 unspecified atom stereocenters. The van der Waals surface area contributed by atoms with E-state index in [0.717, 1.165) is 5.69 Å². The van der Waals surface area contributed by atoms with E-state index in [4.69, 9.17) is 9.26 Å². The van der Waals surface area contributed by atoms with Crippen LogP contribution in [0.25, 0.3) is 0 Å². The van der Waals surface area contributed by atoms with E-state index in [-0.39, 0.29) is 17.4 Å². The van der Waals surface area contributed by atoms with E-state index >= 15 is 0 Å². The standard InChI is InChI=1S/C19H26N4O4/c1-12(2)14-9-13(27-21-14)11-22(3)19(25)18-15-5-6-20-7-8-23(15)17(24)10-16(18)26-4/h9-10,12,20H,5-8,11H2,1-4H3. The third-order valence-electron chi connectivity index (χ3n) is 4.77. The fraction of sp³-hybridized carbons (Fsp3) is 0.526. The van der Waals surface area contributed by atoms with Crippen molar-refractivity contribution in [2.24, 2.45) is 0 Å². The summed E-state index contributed by atoms with van der Waals surface area (Å²) in [7, 11) is 3.18. The lowest BCUT2D eigenvalue weighted by atomic mass is 10.1. The summed E-state index contributed by atoms with van der Waals surface area (Å²) >= 11 is 0. The number of nitrogens with zero attached hydrogens (tertiary/aromatic N) is 3. The Bertz CT molecular complexity index is 884. The van der Waals surface area contributed by atoms with Gasteiger partial charge in [0.2, 0.25) is 0 Å². The zero-order valence-electron chi connectivity index (χ0n) is 16.2. The lowest BCUT2D eigenvalue weighted by Gasteiger charge is -2.21. The Morgan fingerprint density at radius 3 is 2.85 bits per heavy atom. The predicted octanol–water partition coefficient (Wildman–Crippen LogP) is 1.39. The number of amides is 1. The first-order valence-corrected chi connectivity index (χ1v) is 9.14. The summed E-state index contributed by atoms with van der Waals surface area (Å²) in [5.74, 6) is 0.979. The highest BCUT2D eigenvalue weighted by molar-refractivity contribution is 5.98. The molecule has 2 aromatic heterocycles. The molecule has 1 amide bonds. The van der Waals surface area contributed by atoms with Gasteiger partial charge in [-0.25, -0.2) is 0 Å². The molecule has 1 aliphatic rings. The average molecular weight is 374 g/mol. The normalized spacial score (nSPS) is 14.0. The molecule has 0 fully saturated rings. The highest BCUT2D eigenvalue weighted by Crippen LogP contribution is 2.24. The monoisotopic (exact) mass is 374 g/mol. The van der Waals surface area contributed by atoms with Crippen molar-refractivity contribution in [2.45, 2.75) is 39.3 Å². The molecule has 3 rings (SSSR count). The summed E-state index contributed by atoms with van der Waals surface area (Å²) in [6, 6.07) is 3.26. The SMILES string of the molecule is COc1cc(=O)n2c(c1C(=O)N(C)Cc1cc(C(C)C)no1)CCNCC2. The Kier molecular flexibility index (Phi) is 5.65. The number of carbonyl (C=O) groups excluding carboxylic acids is 1. The Morgan fingerprint density at radius 1 is 1.41 bits per heavy atom. The Balaban J connectivity index is 1.93. The van der Waals surface area contributed by atoms with E-state index in [0.29, 0.717) is 55.4 Å². The molecule has 27 heavy (non-hydrogen) atoms. The quantitative estimate of drug-likeness (QED) is 0.851. The summed E-state index contributed by atoms with van der Waals surface area (Å²) in [4.78, 5) is 27.2. The van der Waals surface area contributed by atoms with Gasteiger partial charge in [0.05, 0.1) is 19.3 Å². The molecule has 8 nitrogen and oxygen atoms in total. The first kappa shape index (κ1) is 19.2. The first-order chi connectivity index (χ1) is 12.9. The zero-order valence-corrected chi connectivity index (χ0v) is 16.2. The molecular weight excluding hydrogens is 348 g/mol. The van der Waals surface area contributed by atoms with Crippen molar-refractivity contribution >= 4 is 5.91 Å². The van der Waals surface area contributed by atoms with Gasteiger partial charge in [-0.15, -0.1) is 0 Å². The van der Waals surface area contributed by atoms with Crippen LogP contribution in [0.4, 0.5) is 0 Å². The molecule has 0 spiro atoms. The fourth-order valence-electron chi connectivity index (χ4n) is 3.26. The van der Waals surface area contributed by atoms with Gasteiger partial charge in [0.1, 0.15) is 11.3 Å². The second-order valence-electron chi connectivity index (χ2n) is 7.06. The number of hydrogen-bond donors (Lipinski definition) is 1. The highest BCUT2D eigenvalue weighted by Gasteiger charge is 2.26. The summed E-state index contributed by atoms with van der Waals surface area (Å²) < 4.78 is 12.4. The molecule has 0 saturated heterocycles. The Hall–Kier alpha value is -2.61. The molecule has 0 aromatic carbocycles. The van der Waals surface area contributed by atoms with Crippen LogP contribution in [-0.2, 0) is 19.5 Å². The number of pyridine rings is 1. The molecule has 1 N–H and O–H groups in total. The average Bonchev–Trinajstić information content (AvgIpc) is 2.96. The van der Waals surface area contributed by atoms with Gasteiger partial charge in [-0.2, -0.15) is 0 Å². The van der Waals surface area contributed by atoms with E-state index in [1.807, 2.05) is 19.9 Å². The van der Waals surface area contributed by atoms with Crippen molar-refractivity contribution in [3.8, 4) is 5.75 Å². The fourth-order valence-corrected chi connectivity index (χ4v) is 3.26. The van der Waals surface area contributed by atoms with E-state index in [2.05, 4.69) is 10.5 Å². The number of aromatic nitrogens is 2. The van der Waals surface area contributed by atoms with Gasteiger partial charge in [0, 0.05) is 50.9 Å². The number of hydrogen-bond acceptors (Lipinski definition) is 6. The zero-order chi connectivity index (χ0) is 19.6. The van der Waals surface area contributed by atoms with Crippen LogP contribution < -0.4 is 15.6 Å². The van der Waals surface area contributed by atoms with Gasteiger partial charge in [-0.1, -0.05) is 19.0 Å². The first-order valence-electron chi connectivity index (χ1n) is 9.14. The minimum atomic E-state index is -0.208. The largest absolute Gasteiger partial charge is 0.496 e. The van der Waals surface area contributed by atoms with Crippen LogP contribution in [0.5, 0.6) is 5.75 Å². The van der Waals surface area contributed by atoms with Gasteiger partial charge in [-0.05, 0) is 5.92 Å². The van der Waals surface area contributed by atoms with E-state index in [1.54, 1.807) is 16.5 Å². The van der Waals surface area contributed by atoms with Gasteiger partial charge in [0.15, 0.2) is 5.76 Å². The van der Waals surface area contributed by atoms with Crippen LogP contribution >= 0.6 is 0 Å².